The van der Waals surface area contributed by atoms with Gasteiger partial charge >= 0.3 is 0 Å². The van der Waals surface area contributed by atoms with E-state index in [1.165, 1.54) is 6.07 Å². The quantitative estimate of drug-likeness (QED) is 0.652. The van der Waals surface area contributed by atoms with Gasteiger partial charge in [-0.05, 0) is 47.9 Å². The van der Waals surface area contributed by atoms with E-state index in [0.717, 1.165) is 24.3 Å². The molecule has 1 atom stereocenters. The Morgan fingerprint density at radius 3 is 2.11 bits per heavy atom. The highest BCUT2D eigenvalue weighted by molar-refractivity contribution is 6.33. The van der Waals surface area contributed by atoms with Crippen molar-refractivity contribution in [2.24, 2.45) is 0 Å². The Morgan fingerprint density at radius 2 is 1.53 bits per heavy atom. The van der Waals surface area contributed by atoms with E-state index in [2.05, 4.69) is 0 Å². The Balaban J connectivity index is 2.49. The minimum absolute atomic E-state index is 0.118. The van der Waals surface area contributed by atoms with Gasteiger partial charge in [0.15, 0.2) is 0 Å². The number of hydrogen-bond acceptors (Lipinski definition) is 0. The predicted octanol–water partition coefficient (Wildman–Crippen LogP) is 5.39. The summed E-state index contributed by atoms with van der Waals surface area (Å²) < 4.78 is 39.6. The minimum atomic E-state index is -0.850. The monoisotopic (exact) mass is 304 g/mol. The fraction of sp³-hybridized carbons (Fsp3) is 0.143. The molecule has 2 aromatic rings. The van der Waals surface area contributed by atoms with Gasteiger partial charge in [-0.15, -0.1) is 11.6 Å². The first-order valence-corrected chi connectivity index (χ1v) is 6.25. The third kappa shape index (κ3) is 3.04. The van der Waals surface area contributed by atoms with Crippen molar-refractivity contribution in [3.63, 3.8) is 0 Å². The van der Waals surface area contributed by atoms with Crippen molar-refractivity contribution in [3.8, 4) is 0 Å². The fourth-order valence-electron chi connectivity index (χ4n) is 1.77. The molecular weight excluding hydrogens is 296 g/mol. The average Bonchev–Trinajstić information content (AvgIpc) is 2.31. The number of benzene rings is 2. The maximum absolute atomic E-state index is 13.3. The molecule has 0 radical (unpaired) electrons. The molecule has 0 N–H and O–H groups in total. The molecule has 0 saturated heterocycles. The van der Waals surface area contributed by atoms with Gasteiger partial charge in [0, 0.05) is 11.1 Å². The minimum Gasteiger partial charge on any atom is -0.207 e. The number of halogens is 5. The van der Waals surface area contributed by atoms with Crippen LogP contribution in [0, 0.1) is 24.4 Å². The van der Waals surface area contributed by atoms with E-state index in [1.807, 2.05) is 0 Å². The molecule has 0 spiro atoms. The van der Waals surface area contributed by atoms with Crippen LogP contribution in [0.15, 0.2) is 30.3 Å². The maximum atomic E-state index is 13.3. The van der Waals surface area contributed by atoms with Gasteiger partial charge in [0.25, 0.3) is 0 Å². The Hall–Kier alpha value is -1.19. The molecule has 0 aliphatic carbocycles. The standard InChI is InChI=1S/C14H9Cl2F3/c1-7-2-11(12(15)6-13(7)19)14(16)8-3-9(17)5-10(18)4-8/h2-6,14H,1H3. The largest absolute Gasteiger partial charge is 0.207 e. The van der Waals surface area contributed by atoms with E-state index in [0.29, 0.717) is 11.1 Å². The van der Waals surface area contributed by atoms with Crippen molar-refractivity contribution in [1.29, 1.82) is 0 Å². The highest BCUT2D eigenvalue weighted by atomic mass is 35.5. The molecule has 0 bridgehead atoms. The lowest BCUT2D eigenvalue weighted by atomic mass is 10.0. The topological polar surface area (TPSA) is 0 Å². The molecule has 0 heterocycles. The van der Waals surface area contributed by atoms with Gasteiger partial charge in [-0.25, -0.2) is 13.2 Å². The average molecular weight is 305 g/mol. The molecule has 0 nitrogen and oxygen atoms in total. The molecule has 2 rings (SSSR count). The van der Waals surface area contributed by atoms with E-state index in [4.69, 9.17) is 23.2 Å². The summed E-state index contributed by atoms with van der Waals surface area (Å²) in [5.41, 5.74) is 1.00. The van der Waals surface area contributed by atoms with Crippen molar-refractivity contribution < 1.29 is 13.2 Å². The summed E-state index contributed by atoms with van der Waals surface area (Å²) in [7, 11) is 0. The second-order valence-corrected chi connectivity index (χ2v) is 5.03. The first-order chi connectivity index (χ1) is 8.88. The van der Waals surface area contributed by atoms with E-state index in [9.17, 15) is 13.2 Å². The molecule has 0 fully saturated rings. The Kier molecular flexibility index (Phi) is 4.07. The maximum Gasteiger partial charge on any atom is 0.127 e. The first kappa shape index (κ1) is 14.2. The van der Waals surface area contributed by atoms with Crippen LogP contribution in [-0.4, -0.2) is 0 Å². The molecule has 2 aromatic carbocycles. The molecular formula is C14H9Cl2F3. The Bertz CT molecular complexity index is 606. The molecule has 0 aromatic heterocycles. The Morgan fingerprint density at radius 1 is 0.947 bits per heavy atom. The highest BCUT2D eigenvalue weighted by Gasteiger charge is 2.17. The molecule has 5 heteroatoms. The van der Waals surface area contributed by atoms with Crippen molar-refractivity contribution in [2.45, 2.75) is 12.3 Å². The fourth-order valence-corrected chi connectivity index (χ4v) is 2.40. The molecule has 0 aliphatic rings. The van der Waals surface area contributed by atoms with Gasteiger partial charge in [0.05, 0.1) is 5.38 Å². The van der Waals surface area contributed by atoms with Crippen molar-refractivity contribution >= 4 is 23.2 Å². The second-order valence-electron chi connectivity index (χ2n) is 4.19. The normalized spacial score (nSPS) is 12.5. The number of alkyl halides is 1. The summed E-state index contributed by atoms with van der Waals surface area (Å²) in [6.45, 7) is 1.56. The lowest BCUT2D eigenvalue weighted by Crippen LogP contribution is -1.98. The van der Waals surface area contributed by atoms with Crippen LogP contribution in [0.25, 0.3) is 0 Å². The van der Waals surface area contributed by atoms with Crippen LogP contribution in [0.2, 0.25) is 5.02 Å². The summed E-state index contributed by atoms with van der Waals surface area (Å²) >= 11 is 12.1. The van der Waals surface area contributed by atoms with Crippen molar-refractivity contribution in [2.75, 3.05) is 0 Å². The van der Waals surface area contributed by atoms with Crippen LogP contribution < -0.4 is 0 Å². The van der Waals surface area contributed by atoms with Gasteiger partial charge in [-0.2, -0.15) is 0 Å². The van der Waals surface area contributed by atoms with Crippen LogP contribution >= 0.6 is 23.2 Å². The van der Waals surface area contributed by atoms with Crippen LogP contribution in [0.1, 0.15) is 22.1 Å². The van der Waals surface area contributed by atoms with E-state index >= 15 is 0 Å². The zero-order valence-electron chi connectivity index (χ0n) is 9.85. The van der Waals surface area contributed by atoms with Crippen LogP contribution in [0.5, 0.6) is 0 Å². The summed E-state index contributed by atoms with van der Waals surface area (Å²) in [6.07, 6.45) is 0. The van der Waals surface area contributed by atoms with Gasteiger partial charge in [-0.3, -0.25) is 0 Å². The van der Waals surface area contributed by atoms with Crippen LogP contribution in [-0.2, 0) is 0 Å². The third-order valence-electron chi connectivity index (χ3n) is 2.73. The first-order valence-electron chi connectivity index (χ1n) is 5.44. The van der Waals surface area contributed by atoms with Gasteiger partial charge in [0.2, 0.25) is 0 Å². The molecule has 0 aliphatic heterocycles. The number of aryl methyl sites for hydroxylation is 1. The molecule has 1 unspecified atom stereocenters. The van der Waals surface area contributed by atoms with Crippen LogP contribution in [0.4, 0.5) is 13.2 Å². The summed E-state index contributed by atoms with van der Waals surface area (Å²) in [5.74, 6) is -1.91. The van der Waals surface area contributed by atoms with Crippen LogP contribution in [0.3, 0.4) is 0 Å². The SMILES string of the molecule is Cc1cc(C(Cl)c2cc(F)cc(F)c2)c(Cl)cc1F. The van der Waals surface area contributed by atoms with E-state index in [1.54, 1.807) is 6.92 Å². The summed E-state index contributed by atoms with van der Waals surface area (Å²) in [6, 6.07) is 5.60. The smallest absolute Gasteiger partial charge is 0.127 e. The lowest BCUT2D eigenvalue weighted by molar-refractivity contribution is 0.580. The van der Waals surface area contributed by atoms with Crippen molar-refractivity contribution in [3.05, 3.63) is 69.5 Å². The molecule has 0 amide bonds. The lowest BCUT2D eigenvalue weighted by Gasteiger charge is -2.14. The summed E-state index contributed by atoms with van der Waals surface area (Å²) in [5, 5.41) is -0.732. The number of hydrogen-bond donors (Lipinski definition) is 0. The van der Waals surface area contributed by atoms with Gasteiger partial charge < -0.3 is 0 Å². The molecule has 19 heavy (non-hydrogen) atoms. The predicted molar refractivity (Wildman–Crippen MR) is 70.2 cm³/mol. The van der Waals surface area contributed by atoms with E-state index < -0.39 is 22.8 Å². The van der Waals surface area contributed by atoms with Gasteiger partial charge in [-0.1, -0.05) is 11.6 Å². The van der Waals surface area contributed by atoms with Crippen molar-refractivity contribution in [1.82, 2.24) is 0 Å². The summed E-state index contributed by atoms with van der Waals surface area (Å²) in [4.78, 5) is 0. The Labute approximate surface area is 118 Å². The zero-order chi connectivity index (χ0) is 14.2. The third-order valence-corrected chi connectivity index (χ3v) is 3.54. The van der Waals surface area contributed by atoms with Gasteiger partial charge in [0.1, 0.15) is 17.5 Å². The second kappa shape index (κ2) is 5.43. The highest BCUT2D eigenvalue weighted by Crippen LogP contribution is 2.35. The molecule has 0 saturated carbocycles. The number of rotatable bonds is 2. The zero-order valence-corrected chi connectivity index (χ0v) is 11.4. The molecule has 100 valence electrons. The van der Waals surface area contributed by atoms with E-state index in [-0.39, 0.29) is 10.6 Å².